The van der Waals surface area contributed by atoms with E-state index in [4.69, 9.17) is 5.11 Å². The zero-order chi connectivity index (χ0) is 13.3. The minimum Gasteiger partial charge on any atom is -0.396 e. The zero-order valence-electron chi connectivity index (χ0n) is 10.9. The van der Waals surface area contributed by atoms with Crippen LogP contribution < -0.4 is 0 Å². The van der Waals surface area contributed by atoms with E-state index in [1.165, 1.54) is 0 Å². The highest BCUT2D eigenvalue weighted by molar-refractivity contribution is 5.06. The van der Waals surface area contributed by atoms with Gasteiger partial charge in [0, 0.05) is 38.6 Å². The van der Waals surface area contributed by atoms with Crippen molar-refractivity contribution in [2.75, 3.05) is 13.2 Å². The highest BCUT2D eigenvalue weighted by atomic mass is 16.3. The molecule has 0 saturated heterocycles. The third kappa shape index (κ3) is 4.77. The summed E-state index contributed by atoms with van der Waals surface area (Å²) in [6, 6.07) is 11.9. The van der Waals surface area contributed by atoms with Crippen LogP contribution in [0.5, 0.6) is 0 Å². The Balaban J connectivity index is 1.99. The summed E-state index contributed by atoms with van der Waals surface area (Å²) in [5.41, 5.74) is 2.08. The average Bonchev–Trinajstić information content (AvgIpc) is 2.47. The molecule has 4 nitrogen and oxygen atoms in total. The lowest BCUT2D eigenvalue weighted by molar-refractivity contribution is 0.209. The van der Waals surface area contributed by atoms with Crippen molar-refractivity contribution < 1.29 is 5.11 Å². The van der Waals surface area contributed by atoms with E-state index in [1.807, 2.05) is 36.4 Å². The summed E-state index contributed by atoms with van der Waals surface area (Å²) in [5.74, 6) is 0. The first kappa shape index (κ1) is 13.6. The van der Waals surface area contributed by atoms with Gasteiger partial charge >= 0.3 is 0 Å². The summed E-state index contributed by atoms with van der Waals surface area (Å²) >= 11 is 0. The van der Waals surface area contributed by atoms with E-state index in [1.54, 1.807) is 12.4 Å². The van der Waals surface area contributed by atoms with Gasteiger partial charge < -0.3 is 5.11 Å². The minimum absolute atomic E-state index is 0.209. The molecule has 0 unspecified atom stereocenters. The third-order valence-corrected chi connectivity index (χ3v) is 2.86. The molecule has 0 aromatic carbocycles. The Hall–Kier alpha value is -1.78. The van der Waals surface area contributed by atoms with Crippen LogP contribution in [-0.2, 0) is 13.1 Å². The van der Waals surface area contributed by atoms with Crippen LogP contribution in [0.25, 0.3) is 0 Å². The van der Waals surface area contributed by atoms with Crippen LogP contribution in [0.2, 0.25) is 0 Å². The molecule has 0 fully saturated rings. The Bertz CT molecular complexity index is 420. The van der Waals surface area contributed by atoms with Crippen molar-refractivity contribution in [1.29, 1.82) is 0 Å². The maximum atomic E-state index is 8.99. The standard InChI is InChI=1S/C15H19N3O/c19-11-5-10-18(12-14-6-1-3-8-16-14)13-15-7-2-4-9-17-15/h1-4,6-9,19H,5,10-13H2. The summed E-state index contributed by atoms with van der Waals surface area (Å²) in [4.78, 5) is 10.9. The van der Waals surface area contributed by atoms with Gasteiger partial charge in [0.1, 0.15) is 0 Å². The zero-order valence-corrected chi connectivity index (χ0v) is 10.9. The lowest BCUT2D eigenvalue weighted by Gasteiger charge is -2.21. The van der Waals surface area contributed by atoms with Crippen LogP contribution in [0.1, 0.15) is 17.8 Å². The summed E-state index contributed by atoms with van der Waals surface area (Å²) in [6.07, 6.45) is 4.38. The number of hydrogen-bond acceptors (Lipinski definition) is 4. The van der Waals surface area contributed by atoms with Crippen molar-refractivity contribution in [2.24, 2.45) is 0 Å². The highest BCUT2D eigenvalue weighted by Gasteiger charge is 2.08. The van der Waals surface area contributed by atoms with E-state index >= 15 is 0 Å². The molecular weight excluding hydrogens is 238 g/mol. The van der Waals surface area contributed by atoms with Crippen molar-refractivity contribution >= 4 is 0 Å². The molecule has 0 amide bonds. The SMILES string of the molecule is OCCCN(Cc1ccccn1)Cc1ccccn1. The van der Waals surface area contributed by atoms with E-state index in [9.17, 15) is 0 Å². The number of nitrogens with zero attached hydrogens (tertiary/aromatic N) is 3. The van der Waals surface area contributed by atoms with Crippen LogP contribution in [0.15, 0.2) is 48.8 Å². The van der Waals surface area contributed by atoms with E-state index in [0.29, 0.717) is 0 Å². The van der Waals surface area contributed by atoms with Crippen LogP contribution >= 0.6 is 0 Å². The van der Waals surface area contributed by atoms with Gasteiger partial charge in [0.05, 0.1) is 11.4 Å². The molecule has 19 heavy (non-hydrogen) atoms. The maximum absolute atomic E-state index is 8.99. The molecule has 0 aliphatic rings. The molecule has 0 spiro atoms. The van der Waals surface area contributed by atoms with Crippen LogP contribution in [-0.4, -0.2) is 33.1 Å². The Labute approximate surface area is 113 Å². The fraction of sp³-hybridized carbons (Fsp3) is 0.333. The normalized spacial score (nSPS) is 10.8. The Morgan fingerprint density at radius 3 is 1.89 bits per heavy atom. The number of pyridine rings is 2. The van der Waals surface area contributed by atoms with Crippen molar-refractivity contribution in [1.82, 2.24) is 14.9 Å². The molecule has 0 aliphatic heterocycles. The summed E-state index contributed by atoms with van der Waals surface area (Å²) in [7, 11) is 0. The lowest BCUT2D eigenvalue weighted by Crippen LogP contribution is -2.25. The molecule has 0 bridgehead atoms. The first-order valence-corrected chi connectivity index (χ1v) is 6.51. The lowest BCUT2D eigenvalue weighted by atomic mass is 10.2. The second-order valence-corrected chi connectivity index (χ2v) is 4.43. The van der Waals surface area contributed by atoms with Gasteiger partial charge in [-0.1, -0.05) is 12.1 Å². The largest absolute Gasteiger partial charge is 0.396 e. The summed E-state index contributed by atoms with van der Waals surface area (Å²) in [5, 5.41) is 8.99. The topological polar surface area (TPSA) is 49.2 Å². The molecule has 0 aliphatic carbocycles. The smallest absolute Gasteiger partial charge is 0.0544 e. The van der Waals surface area contributed by atoms with E-state index in [0.717, 1.165) is 37.4 Å². The maximum Gasteiger partial charge on any atom is 0.0544 e. The van der Waals surface area contributed by atoms with Gasteiger partial charge in [-0.2, -0.15) is 0 Å². The van der Waals surface area contributed by atoms with E-state index < -0.39 is 0 Å². The number of aliphatic hydroxyl groups is 1. The molecule has 2 heterocycles. The highest BCUT2D eigenvalue weighted by Crippen LogP contribution is 2.07. The quantitative estimate of drug-likeness (QED) is 0.822. The van der Waals surface area contributed by atoms with E-state index in [2.05, 4.69) is 14.9 Å². The van der Waals surface area contributed by atoms with Crippen LogP contribution in [0.4, 0.5) is 0 Å². The summed E-state index contributed by atoms with van der Waals surface area (Å²) < 4.78 is 0. The molecular formula is C15H19N3O. The van der Waals surface area contributed by atoms with Crippen molar-refractivity contribution in [3.63, 3.8) is 0 Å². The Morgan fingerprint density at radius 2 is 1.47 bits per heavy atom. The van der Waals surface area contributed by atoms with Gasteiger partial charge in [0.25, 0.3) is 0 Å². The molecule has 4 heteroatoms. The molecule has 100 valence electrons. The molecule has 2 aromatic heterocycles. The average molecular weight is 257 g/mol. The molecule has 2 rings (SSSR count). The van der Waals surface area contributed by atoms with Gasteiger partial charge in [0.2, 0.25) is 0 Å². The van der Waals surface area contributed by atoms with Gasteiger partial charge in [-0.25, -0.2) is 0 Å². The van der Waals surface area contributed by atoms with Crippen molar-refractivity contribution in [3.05, 3.63) is 60.2 Å². The fourth-order valence-corrected chi connectivity index (χ4v) is 1.95. The minimum atomic E-state index is 0.209. The Morgan fingerprint density at radius 1 is 0.895 bits per heavy atom. The second-order valence-electron chi connectivity index (χ2n) is 4.43. The fourth-order valence-electron chi connectivity index (χ4n) is 1.95. The first-order valence-electron chi connectivity index (χ1n) is 6.51. The van der Waals surface area contributed by atoms with Gasteiger partial charge in [-0.3, -0.25) is 14.9 Å². The van der Waals surface area contributed by atoms with E-state index in [-0.39, 0.29) is 6.61 Å². The van der Waals surface area contributed by atoms with Gasteiger partial charge in [-0.05, 0) is 30.7 Å². The van der Waals surface area contributed by atoms with Crippen molar-refractivity contribution in [2.45, 2.75) is 19.5 Å². The monoisotopic (exact) mass is 257 g/mol. The number of aromatic nitrogens is 2. The van der Waals surface area contributed by atoms with Gasteiger partial charge in [0.15, 0.2) is 0 Å². The predicted octanol–water partition coefficient (Wildman–Crippen LogP) is 1.86. The third-order valence-electron chi connectivity index (χ3n) is 2.86. The second kappa shape index (κ2) is 7.61. The molecule has 0 saturated carbocycles. The van der Waals surface area contributed by atoms with Crippen LogP contribution in [0.3, 0.4) is 0 Å². The predicted molar refractivity (Wildman–Crippen MR) is 74.3 cm³/mol. The molecule has 1 N–H and O–H groups in total. The molecule has 2 aromatic rings. The summed E-state index contributed by atoms with van der Waals surface area (Å²) in [6.45, 7) is 2.60. The van der Waals surface area contributed by atoms with Crippen LogP contribution in [0, 0.1) is 0 Å². The Kier molecular flexibility index (Phi) is 5.47. The van der Waals surface area contributed by atoms with Gasteiger partial charge in [-0.15, -0.1) is 0 Å². The molecule has 0 atom stereocenters. The number of aliphatic hydroxyl groups excluding tert-OH is 1. The molecule has 0 radical (unpaired) electrons. The first-order chi connectivity index (χ1) is 9.38. The van der Waals surface area contributed by atoms with Crippen molar-refractivity contribution in [3.8, 4) is 0 Å². The number of rotatable bonds is 7. The number of hydrogen-bond donors (Lipinski definition) is 1.